The van der Waals surface area contributed by atoms with Gasteiger partial charge in [-0.25, -0.2) is 4.79 Å². The van der Waals surface area contributed by atoms with Crippen LogP contribution >= 0.6 is 15.9 Å². The number of carbonyl (C=O) groups excluding carboxylic acids is 1. The van der Waals surface area contributed by atoms with Gasteiger partial charge in [0.05, 0.1) is 4.47 Å². The van der Waals surface area contributed by atoms with E-state index < -0.39 is 13.9 Å². The molecule has 4 nitrogen and oxygen atoms in total. The van der Waals surface area contributed by atoms with E-state index in [2.05, 4.69) is 81.8 Å². The predicted octanol–water partition coefficient (Wildman–Crippen LogP) is 7.55. The summed E-state index contributed by atoms with van der Waals surface area (Å²) in [6.45, 7) is 21.3. The minimum atomic E-state index is -1.90. The van der Waals surface area contributed by atoms with Crippen molar-refractivity contribution in [2.45, 2.75) is 110 Å². The quantitative estimate of drug-likeness (QED) is 0.402. The molecule has 0 aliphatic carbocycles. The number of benzene rings is 1. The zero-order chi connectivity index (χ0) is 23.1. The van der Waals surface area contributed by atoms with Crippen LogP contribution in [0.3, 0.4) is 0 Å². The predicted molar refractivity (Wildman–Crippen MR) is 131 cm³/mol. The minimum absolute atomic E-state index is 0.133. The summed E-state index contributed by atoms with van der Waals surface area (Å²) >= 11 is 3.71. The molecule has 1 aliphatic rings. The molecule has 1 aromatic rings. The smallest absolute Gasteiger partial charge is 0.410 e. The number of halogens is 1. The number of amides is 1. The second kappa shape index (κ2) is 8.49. The van der Waals surface area contributed by atoms with E-state index in [4.69, 9.17) is 9.16 Å². The molecule has 0 aromatic heterocycles. The summed E-state index contributed by atoms with van der Waals surface area (Å²) < 4.78 is 13.2. The van der Waals surface area contributed by atoms with E-state index in [-0.39, 0.29) is 22.7 Å². The standard InChI is InChI=1S/C24H40BrNO3Si/c1-22(2,3)28-21(27)26-18(13-14-24(26,7)8)15-17-11-12-20(19(25)16-17)29-30(9,10)23(4,5)6/h11-12,16,18H,13-15H2,1-10H3/t18-/m1/s1. The number of ether oxygens (including phenoxy) is 1. The molecular weight excluding hydrogens is 458 g/mol. The summed E-state index contributed by atoms with van der Waals surface area (Å²) in [5, 5.41) is 0.147. The number of hydrogen-bond acceptors (Lipinski definition) is 3. The molecule has 30 heavy (non-hydrogen) atoms. The van der Waals surface area contributed by atoms with Gasteiger partial charge in [0.2, 0.25) is 0 Å². The molecule has 0 N–H and O–H groups in total. The van der Waals surface area contributed by atoms with E-state index in [9.17, 15) is 4.79 Å². The van der Waals surface area contributed by atoms with Crippen LogP contribution in [0.4, 0.5) is 4.79 Å². The third kappa shape index (κ3) is 6.03. The van der Waals surface area contributed by atoms with E-state index in [0.717, 1.165) is 29.5 Å². The first-order valence-electron chi connectivity index (χ1n) is 10.9. The minimum Gasteiger partial charge on any atom is -0.543 e. The largest absolute Gasteiger partial charge is 0.543 e. The second-order valence-electron chi connectivity index (χ2n) is 11.7. The van der Waals surface area contributed by atoms with Crippen molar-refractivity contribution in [1.29, 1.82) is 0 Å². The molecule has 6 heteroatoms. The van der Waals surface area contributed by atoms with Crippen molar-refractivity contribution in [3.63, 3.8) is 0 Å². The third-order valence-electron chi connectivity index (χ3n) is 6.34. The lowest BCUT2D eigenvalue weighted by Gasteiger charge is -2.37. The Labute approximate surface area is 193 Å². The fourth-order valence-corrected chi connectivity index (χ4v) is 5.31. The lowest BCUT2D eigenvalue weighted by molar-refractivity contribution is 0.00389. The summed E-state index contributed by atoms with van der Waals surface area (Å²) in [5.74, 6) is 0.904. The van der Waals surface area contributed by atoms with Crippen LogP contribution in [0.1, 0.15) is 73.8 Å². The molecular formula is C24H40BrNO3Si. The highest BCUT2D eigenvalue weighted by Crippen LogP contribution is 2.40. The van der Waals surface area contributed by atoms with Gasteiger partial charge in [0, 0.05) is 11.6 Å². The molecule has 1 amide bonds. The van der Waals surface area contributed by atoms with Gasteiger partial charge in [-0.1, -0.05) is 26.8 Å². The highest BCUT2D eigenvalue weighted by Gasteiger charge is 2.44. The average Bonchev–Trinajstić information content (AvgIpc) is 2.81. The van der Waals surface area contributed by atoms with Crippen molar-refractivity contribution in [1.82, 2.24) is 4.90 Å². The zero-order valence-electron chi connectivity index (χ0n) is 20.5. The van der Waals surface area contributed by atoms with Gasteiger partial charge in [-0.3, -0.25) is 4.90 Å². The van der Waals surface area contributed by atoms with Crippen LogP contribution in [-0.4, -0.2) is 36.5 Å². The van der Waals surface area contributed by atoms with Gasteiger partial charge in [-0.2, -0.15) is 0 Å². The first kappa shape index (κ1) is 25.2. The van der Waals surface area contributed by atoms with E-state index in [1.807, 2.05) is 25.7 Å². The Morgan fingerprint density at radius 2 is 1.80 bits per heavy atom. The van der Waals surface area contributed by atoms with Gasteiger partial charge < -0.3 is 9.16 Å². The van der Waals surface area contributed by atoms with Gasteiger partial charge in [-0.05, 0) is 106 Å². The summed E-state index contributed by atoms with van der Waals surface area (Å²) in [5.41, 5.74) is 0.502. The van der Waals surface area contributed by atoms with Gasteiger partial charge in [-0.15, -0.1) is 0 Å². The monoisotopic (exact) mass is 497 g/mol. The van der Waals surface area contributed by atoms with E-state index in [0.29, 0.717) is 0 Å². The fraction of sp³-hybridized carbons (Fsp3) is 0.708. The van der Waals surface area contributed by atoms with Gasteiger partial charge in [0.15, 0.2) is 0 Å². The first-order chi connectivity index (χ1) is 13.4. The van der Waals surface area contributed by atoms with Gasteiger partial charge in [0.25, 0.3) is 8.32 Å². The van der Waals surface area contributed by atoms with Crippen molar-refractivity contribution in [3.8, 4) is 5.75 Å². The van der Waals surface area contributed by atoms with Crippen LogP contribution in [0, 0.1) is 0 Å². The number of likely N-dealkylation sites (tertiary alicyclic amines) is 1. The molecule has 0 bridgehead atoms. The molecule has 0 unspecified atom stereocenters. The summed E-state index contributed by atoms with van der Waals surface area (Å²) in [6.07, 6.45) is 2.55. The van der Waals surface area contributed by atoms with Crippen LogP contribution in [0.5, 0.6) is 5.75 Å². The van der Waals surface area contributed by atoms with Crippen LogP contribution in [0.15, 0.2) is 22.7 Å². The summed E-state index contributed by atoms with van der Waals surface area (Å²) in [7, 11) is -1.90. The van der Waals surface area contributed by atoms with Crippen LogP contribution < -0.4 is 4.43 Å². The van der Waals surface area contributed by atoms with Gasteiger partial charge in [0.1, 0.15) is 11.4 Å². The molecule has 2 rings (SSSR count). The molecule has 170 valence electrons. The van der Waals surface area contributed by atoms with E-state index in [1.165, 1.54) is 5.56 Å². The van der Waals surface area contributed by atoms with Crippen LogP contribution in [0.25, 0.3) is 0 Å². The fourth-order valence-electron chi connectivity index (χ4n) is 3.62. The highest BCUT2D eigenvalue weighted by molar-refractivity contribution is 9.10. The summed E-state index contributed by atoms with van der Waals surface area (Å²) in [6, 6.07) is 6.47. The van der Waals surface area contributed by atoms with Crippen molar-refractivity contribution in [2.24, 2.45) is 0 Å². The van der Waals surface area contributed by atoms with Crippen molar-refractivity contribution >= 4 is 30.3 Å². The molecule has 0 spiro atoms. The third-order valence-corrected chi connectivity index (χ3v) is 11.3. The normalized spacial score (nSPS) is 19.7. The molecule has 1 fully saturated rings. The maximum Gasteiger partial charge on any atom is 0.410 e. The van der Waals surface area contributed by atoms with Crippen molar-refractivity contribution in [2.75, 3.05) is 0 Å². The zero-order valence-corrected chi connectivity index (χ0v) is 23.1. The average molecular weight is 499 g/mol. The van der Waals surface area contributed by atoms with Gasteiger partial charge >= 0.3 is 6.09 Å². The Morgan fingerprint density at radius 3 is 2.30 bits per heavy atom. The molecule has 1 aliphatic heterocycles. The molecule has 1 heterocycles. The number of carbonyl (C=O) groups is 1. The SMILES string of the molecule is CC(C)(C)OC(=O)N1[C@@H](Cc2ccc(O[Si](C)(C)C(C)(C)C)c(Br)c2)CCC1(C)C. The van der Waals surface area contributed by atoms with Crippen LogP contribution in [-0.2, 0) is 11.2 Å². The maximum atomic E-state index is 12.9. The highest BCUT2D eigenvalue weighted by atomic mass is 79.9. The Bertz CT molecular complexity index is 778. The topological polar surface area (TPSA) is 38.8 Å². The lowest BCUT2D eigenvalue weighted by atomic mass is 10.0. The first-order valence-corrected chi connectivity index (χ1v) is 14.6. The Hall–Kier alpha value is -1.01. The number of nitrogens with zero attached hydrogens (tertiary/aromatic N) is 1. The van der Waals surface area contributed by atoms with Crippen molar-refractivity contribution in [3.05, 3.63) is 28.2 Å². The molecule has 0 radical (unpaired) electrons. The van der Waals surface area contributed by atoms with Crippen molar-refractivity contribution < 1.29 is 14.0 Å². The van der Waals surface area contributed by atoms with E-state index in [1.54, 1.807) is 0 Å². The Kier molecular flexibility index (Phi) is 7.15. The lowest BCUT2D eigenvalue weighted by Crippen LogP contribution is -2.49. The molecule has 1 atom stereocenters. The maximum absolute atomic E-state index is 12.9. The van der Waals surface area contributed by atoms with Crippen LogP contribution in [0.2, 0.25) is 18.1 Å². The Morgan fingerprint density at radius 1 is 1.20 bits per heavy atom. The Balaban J connectivity index is 2.19. The molecule has 0 saturated carbocycles. The van der Waals surface area contributed by atoms with E-state index >= 15 is 0 Å². The number of hydrogen-bond donors (Lipinski definition) is 0. The summed E-state index contributed by atoms with van der Waals surface area (Å²) in [4.78, 5) is 14.9. The molecule has 1 aromatic carbocycles. The second-order valence-corrected chi connectivity index (χ2v) is 17.3. The molecule has 1 saturated heterocycles. The number of rotatable bonds is 4.